The van der Waals surface area contributed by atoms with Crippen LogP contribution in [0.3, 0.4) is 0 Å². The van der Waals surface area contributed by atoms with Crippen LogP contribution in [-0.2, 0) is 4.79 Å². The van der Waals surface area contributed by atoms with Gasteiger partial charge in [-0.1, -0.05) is 18.5 Å². The monoisotopic (exact) mass is 296 g/mol. The first-order valence-corrected chi connectivity index (χ1v) is 7.09. The molecule has 0 saturated carbocycles. The number of hydrogen-bond donors (Lipinski definition) is 2. The van der Waals surface area contributed by atoms with Crippen LogP contribution < -0.4 is 10.6 Å². The number of amides is 3. The summed E-state index contributed by atoms with van der Waals surface area (Å²) in [6.07, 6.45) is 3.16. The lowest BCUT2D eigenvalue weighted by Crippen LogP contribution is -2.50. The number of carbonyl (C=O) groups excluding carboxylic acids is 2. The van der Waals surface area contributed by atoms with E-state index in [1.807, 2.05) is 27.7 Å². The molecular formula is C14H24N4O3. The second-order valence-corrected chi connectivity index (χ2v) is 5.89. The topological polar surface area (TPSA) is 87.5 Å². The van der Waals surface area contributed by atoms with Gasteiger partial charge in [0.25, 0.3) is 0 Å². The minimum absolute atomic E-state index is 0.0191. The first-order chi connectivity index (χ1) is 9.81. The van der Waals surface area contributed by atoms with Crippen molar-refractivity contribution in [2.24, 2.45) is 0 Å². The minimum atomic E-state index is -0.343. The Hall–Kier alpha value is -2.05. The number of anilines is 1. The maximum atomic E-state index is 12.2. The SMILES string of the molecule is CCCCN(CC(=O)Nc1ccon1)C(=O)NC(C)(C)C. The van der Waals surface area contributed by atoms with E-state index in [9.17, 15) is 9.59 Å². The maximum absolute atomic E-state index is 12.2. The van der Waals surface area contributed by atoms with Crippen LogP contribution in [0.2, 0.25) is 0 Å². The van der Waals surface area contributed by atoms with E-state index in [-0.39, 0.29) is 24.0 Å². The first-order valence-electron chi connectivity index (χ1n) is 7.09. The van der Waals surface area contributed by atoms with Gasteiger partial charge in [-0.25, -0.2) is 4.79 Å². The Morgan fingerprint density at radius 3 is 2.62 bits per heavy atom. The van der Waals surface area contributed by atoms with Gasteiger partial charge in [-0.15, -0.1) is 0 Å². The molecule has 0 aliphatic carbocycles. The Kier molecular flexibility index (Phi) is 6.20. The predicted octanol–water partition coefficient (Wildman–Crippen LogP) is 2.22. The van der Waals surface area contributed by atoms with Crippen molar-refractivity contribution in [1.29, 1.82) is 0 Å². The van der Waals surface area contributed by atoms with Crippen molar-refractivity contribution in [1.82, 2.24) is 15.4 Å². The third-order valence-electron chi connectivity index (χ3n) is 2.59. The highest BCUT2D eigenvalue weighted by Gasteiger charge is 2.21. The van der Waals surface area contributed by atoms with E-state index in [4.69, 9.17) is 0 Å². The van der Waals surface area contributed by atoms with E-state index < -0.39 is 0 Å². The molecule has 1 aromatic rings. The molecule has 1 heterocycles. The van der Waals surface area contributed by atoms with Gasteiger partial charge in [0.2, 0.25) is 5.91 Å². The number of rotatable bonds is 6. The first kappa shape index (κ1) is 17.0. The Morgan fingerprint density at radius 2 is 2.10 bits per heavy atom. The molecule has 2 N–H and O–H groups in total. The van der Waals surface area contributed by atoms with E-state index in [1.54, 1.807) is 6.07 Å². The summed E-state index contributed by atoms with van der Waals surface area (Å²) in [6.45, 7) is 8.25. The number of nitrogens with zero attached hydrogens (tertiary/aromatic N) is 2. The molecule has 1 aromatic heterocycles. The molecule has 0 unspecified atom stereocenters. The Bertz CT molecular complexity index is 451. The molecule has 0 saturated heterocycles. The zero-order valence-electron chi connectivity index (χ0n) is 13.1. The summed E-state index contributed by atoms with van der Waals surface area (Å²) in [5, 5.41) is 9.05. The zero-order valence-corrected chi connectivity index (χ0v) is 13.1. The van der Waals surface area contributed by atoms with Crippen LogP contribution in [-0.4, -0.2) is 40.6 Å². The summed E-state index contributed by atoms with van der Waals surface area (Å²) in [6, 6.07) is 1.30. The minimum Gasteiger partial charge on any atom is -0.363 e. The lowest BCUT2D eigenvalue weighted by Gasteiger charge is -2.28. The average molecular weight is 296 g/mol. The van der Waals surface area contributed by atoms with Gasteiger partial charge in [0.1, 0.15) is 12.8 Å². The van der Waals surface area contributed by atoms with Crippen molar-refractivity contribution in [2.75, 3.05) is 18.4 Å². The fraction of sp³-hybridized carbons (Fsp3) is 0.643. The van der Waals surface area contributed by atoms with Crippen LogP contribution in [0.25, 0.3) is 0 Å². The fourth-order valence-corrected chi connectivity index (χ4v) is 1.63. The fourth-order valence-electron chi connectivity index (χ4n) is 1.63. The highest BCUT2D eigenvalue weighted by atomic mass is 16.5. The van der Waals surface area contributed by atoms with Crippen LogP contribution in [0.5, 0.6) is 0 Å². The summed E-state index contributed by atoms with van der Waals surface area (Å²) >= 11 is 0. The molecule has 21 heavy (non-hydrogen) atoms. The van der Waals surface area contributed by atoms with Gasteiger partial charge < -0.3 is 20.1 Å². The van der Waals surface area contributed by atoms with Crippen LogP contribution in [0, 0.1) is 0 Å². The second-order valence-electron chi connectivity index (χ2n) is 5.89. The van der Waals surface area contributed by atoms with Gasteiger partial charge in [0.15, 0.2) is 5.82 Å². The Labute approximate surface area is 125 Å². The molecule has 3 amide bonds. The standard InChI is InChI=1S/C14H24N4O3/c1-5-6-8-18(13(20)16-14(2,3)4)10-12(19)15-11-7-9-21-17-11/h7,9H,5-6,8,10H2,1-4H3,(H,16,20)(H,15,17,19). The van der Waals surface area contributed by atoms with E-state index in [1.165, 1.54) is 11.2 Å². The van der Waals surface area contributed by atoms with Crippen LogP contribution in [0.1, 0.15) is 40.5 Å². The number of carbonyl (C=O) groups is 2. The van der Waals surface area contributed by atoms with Gasteiger partial charge >= 0.3 is 6.03 Å². The number of unbranched alkanes of at least 4 members (excludes halogenated alkanes) is 1. The third kappa shape index (κ3) is 6.78. The summed E-state index contributed by atoms with van der Waals surface area (Å²) in [5.74, 6) is 0.0377. The summed E-state index contributed by atoms with van der Waals surface area (Å²) < 4.78 is 4.64. The van der Waals surface area contributed by atoms with Crippen molar-refractivity contribution in [3.05, 3.63) is 12.3 Å². The van der Waals surface area contributed by atoms with E-state index in [0.717, 1.165) is 12.8 Å². The quantitative estimate of drug-likeness (QED) is 0.842. The van der Waals surface area contributed by atoms with Crippen molar-refractivity contribution >= 4 is 17.8 Å². The molecule has 0 radical (unpaired) electrons. The number of urea groups is 1. The average Bonchev–Trinajstić information content (AvgIpc) is 2.84. The van der Waals surface area contributed by atoms with Crippen molar-refractivity contribution in [2.45, 2.75) is 46.1 Å². The second kappa shape index (κ2) is 7.66. The Morgan fingerprint density at radius 1 is 1.38 bits per heavy atom. The lowest BCUT2D eigenvalue weighted by atomic mass is 10.1. The van der Waals surface area contributed by atoms with E-state index in [0.29, 0.717) is 12.4 Å². The molecule has 0 aliphatic heterocycles. The Balaban J connectivity index is 2.59. The van der Waals surface area contributed by atoms with Crippen LogP contribution in [0.4, 0.5) is 10.6 Å². The molecule has 0 bridgehead atoms. The maximum Gasteiger partial charge on any atom is 0.318 e. The largest absolute Gasteiger partial charge is 0.363 e. The van der Waals surface area contributed by atoms with Gasteiger partial charge in [-0.3, -0.25) is 4.79 Å². The van der Waals surface area contributed by atoms with Crippen molar-refractivity contribution < 1.29 is 14.1 Å². The molecule has 0 aromatic carbocycles. The van der Waals surface area contributed by atoms with Gasteiger partial charge in [-0.05, 0) is 27.2 Å². The summed E-state index contributed by atoms with van der Waals surface area (Å²) in [7, 11) is 0. The number of hydrogen-bond acceptors (Lipinski definition) is 4. The molecule has 7 heteroatoms. The van der Waals surface area contributed by atoms with E-state index in [2.05, 4.69) is 20.3 Å². The smallest absolute Gasteiger partial charge is 0.318 e. The molecule has 0 spiro atoms. The van der Waals surface area contributed by atoms with Crippen molar-refractivity contribution in [3.8, 4) is 0 Å². The highest BCUT2D eigenvalue weighted by Crippen LogP contribution is 2.05. The van der Waals surface area contributed by atoms with Gasteiger partial charge in [-0.2, -0.15) is 0 Å². The highest BCUT2D eigenvalue weighted by molar-refractivity contribution is 5.93. The van der Waals surface area contributed by atoms with Crippen LogP contribution >= 0.6 is 0 Å². The molecule has 0 aliphatic rings. The molecule has 1 rings (SSSR count). The molecule has 7 nitrogen and oxygen atoms in total. The van der Waals surface area contributed by atoms with Gasteiger partial charge in [0.05, 0.1) is 0 Å². The third-order valence-corrected chi connectivity index (χ3v) is 2.59. The summed E-state index contributed by atoms with van der Waals surface area (Å²) in [5.41, 5.74) is -0.343. The van der Waals surface area contributed by atoms with Gasteiger partial charge in [0, 0.05) is 18.2 Å². The summed E-state index contributed by atoms with van der Waals surface area (Å²) in [4.78, 5) is 25.6. The predicted molar refractivity (Wildman–Crippen MR) is 79.9 cm³/mol. The molecule has 118 valence electrons. The molecular weight excluding hydrogens is 272 g/mol. The zero-order chi connectivity index (χ0) is 15.9. The molecule has 0 atom stereocenters. The van der Waals surface area contributed by atoms with E-state index >= 15 is 0 Å². The lowest BCUT2D eigenvalue weighted by molar-refractivity contribution is -0.116. The number of aromatic nitrogens is 1. The number of nitrogens with one attached hydrogen (secondary N) is 2. The van der Waals surface area contributed by atoms with Crippen molar-refractivity contribution in [3.63, 3.8) is 0 Å². The van der Waals surface area contributed by atoms with Crippen LogP contribution in [0.15, 0.2) is 16.9 Å². The molecule has 0 fully saturated rings. The normalized spacial score (nSPS) is 11.0.